The zero-order valence-corrected chi connectivity index (χ0v) is 17.9. The van der Waals surface area contributed by atoms with Gasteiger partial charge in [-0.3, -0.25) is 4.40 Å². The van der Waals surface area contributed by atoms with E-state index in [0.717, 1.165) is 33.8 Å². The van der Waals surface area contributed by atoms with Crippen LogP contribution in [0.3, 0.4) is 0 Å². The molecule has 0 amide bonds. The van der Waals surface area contributed by atoms with Crippen LogP contribution in [0.15, 0.2) is 82.7 Å². The van der Waals surface area contributed by atoms with Crippen molar-refractivity contribution in [2.24, 2.45) is 0 Å². The van der Waals surface area contributed by atoms with Gasteiger partial charge in [0, 0.05) is 17.5 Å². The molecule has 156 valence electrons. The van der Waals surface area contributed by atoms with Crippen LogP contribution in [0.2, 0.25) is 0 Å². The van der Waals surface area contributed by atoms with E-state index in [4.69, 9.17) is 14.4 Å². The monoisotopic (exact) mass is 439 g/mol. The zero-order valence-electron chi connectivity index (χ0n) is 17.1. The lowest BCUT2D eigenvalue weighted by atomic mass is 10.1. The number of nitrogens with zero attached hydrogens (tertiary/aromatic N) is 5. The summed E-state index contributed by atoms with van der Waals surface area (Å²) in [5.41, 5.74) is 5.27. The van der Waals surface area contributed by atoms with E-state index < -0.39 is 0 Å². The molecule has 0 saturated carbocycles. The van der Waals surface area contributed by atoms with Crippen molar-refractivity contribution in [2.45, 2.75) is 11.0 Å². The average molecular weight is 440 g/mol. The Bertz CT molecular complexity index is 1430. The summed E-state index contributed by atoms with van der Waals surface area (Å²) in [6.45, 7) is 0. The second kappa shape index (κ2) is 8.57. The van der Waals surface area contributed by atoms with Crippen molar-refractivity contribution < 1.29 is 9.15 Å². The molecular weight excluding hydrogens is 422 g/mol. The molecule has 7 nitrogen and oxygen atoms in total. The lowest BCUT2D eigenvalue weighted by Gasteiger charge is -2.05. The Balaban J connectivity index is 1.39. The fourth-order valence-corrected chi connectivity index (χ4v) is 4.05. The number of hydrogen-bond donors (Lipinski definition) is 0. The molecule has 32 heavy (non-hydrogen) atoms. The highest BCUT2D eigenvalue weighted by atomic mass is 32.2. The third-order valence-corrected chi connectivity index (χ3v) is 5.85. The van der Waals surface area contributed by atoms with Crippen LogP contribution in [-0.4, -0.2) is 26.7 Å². The lowest BCUT2D eigenvalue weighted by Crippen LogP contribution is -1.90. The third-order valence-electron chi connectivity index (χ3n) is 4.96. The van der Waals surface area contributed by atoms with Gasteiger partial charge in [-0.25, -0.2) is 4.98 Å². The Morgan fingerprint density at radius 2 is 1.91 bits per heavy atom. The molecule has 3 aromatic heterocycles. The van der Waals surface area contributed by atoms with Gasteiger partial charge in [0.25, 0.3) is 5.22 Å². The first-order valence-electron chi connectivity index (χ1n) is 9.81. The van der Waals surface area contributed by atoms with Crippen LogP contribution in [0.4, 0.5) is 0 Å². The number of fused-ring (bicyclic) bond motifs is 1. The smallest absolute Gasteiger partial charge is 0.277 e. The maximum Gasteiger partial charge on any atom is 0.277 e. The fourth-order valence-electron chi connectivity index (χ4n) is 3.34. The van der Waals surface area contributed by atoms with E-state index in [-0.39, 0.29) is 0 Å². The number of methoxy groups -OCH3 is 1. The van der Waals surface area contributed by atoms with Crippen LogP contribution in [-0.2, 0) is 5.75 Å². The van der Waals surface area contributed by atoms with Crippen LogP contribution < -0.4 is 4.74 Å². The molecule has 5 aromatic rings. The molecule has 0 saturated heterocycles. The molecule has 2 aromatic carbocycles. The van der Waals surface area contributed by atoms with Gasteiger partial charge >= 0.3 is 0 Å². The summed E-state index contributed by atoms with van der Waals surface area (Å²) in [6, 6.07) is 21.3. The first-order valence-corrected chi connectivity index (χ1v) is 10.8. The lowest BCUT2D eigenvalue weighted by molar-refractivity contribution is 0.415. The number of hydrogen-bond acceptors (Lipinski definition) is 7. The molecule has 0 fully saturated rings. The summed E-state index contributed by atoms with van der Waals surface area (Å²) >= 11 is 1.44. The molecule has 0 atom stereocenters. The maximum atomic E-state index is 9.04. The standard InChI is InChI=1S/C24H17N5O2S/c1-30-20-8-5-18(6-9-20)21-13-26-22-10-7-19(14-29(21)22)23-27-28-24(31-23)32-15-17-4-2-3-16(11-17)12-25/h2-11,13-14H,15H2,1H3. The summed E-state index contributed by atoms with van der Waals surface area (Å²) < 4.78 is 13.1. The number of rotatable bonds is 6. The minimum atomic E-state index is 0.439. The van der Waals surface area contributed by atoms with Gasteiger partial charge < -0.3 is 9.15 Å². The van der Waals surface area contributed by atoms with Gasteiger partial charge in [0.05, 0.1) is 36.2 Å². The first-order chi connectivity index (χ1) is 15.7. The molecule has 0 aliphatic rings. The average Bonchev–Trinajstić information content (AvgIpc) is 3.50. The summed E-state index contributed by atoms with van der Waals surface area (Å²) in [6.07, 6.45) is 3.78. The first kappa shape index (κ1) is 19.8. The third kappa shape index (κ3) is 3.94. The molecule has 8 heteroatoms. The number of ether oxygens (including phenoxy) is 1. The number of pyridine rings is 1. The number of benzene rings is 2. The number of thioether (sulfide) groups is 1. The van der Waals surface area contributed by atoms with Crippen LogP contribution in [0.25, 0.3) is 28.4 Å². The summed E-state index contributed by atoms with van der Waals surface area (Å²) in [5.74, 6) is 1.88. The molecule has 0 aliphatic carbocycles. The van der Waals surface area contributed by atoms with E-state index in [1.54, 1.807) is 13.2 Å². The molecule has 0 spiro atoms. The molecular formula is C24H17N5O2S. The normalized spacial score (nSPS) is 10.9. The highest BCUT2D eigenvalue weighted by Crippen LogP contribution is 2.28. The van der Waals surface area contributed by atoms with E-state index in [9.17, 15) is 0 Å². The topological polar surface area (TPSA) is 89.2 Å². The molecule has 0 N–H and O–H groups in total. The van der Waals surface area contributed by atoms with Crippen molar-refractivity contribution in [1.29, 1.82) is 5.26 Å². The van der Waals surface area contributed by atoms with Crippen molar-refractivity contribution >= 4 is 17.4 Å². The molecule has 0 bridgehead atoms. The number of imidazole rings is 1. The van der Waals surface area contributed by atoms with E-state index >= 15 is 0 Å². The number of nitriles is 1. The van der Waals surface area contributed by atoms with Gasteiger partial charge in [0.1, 0.15) is 11.4 Å². The fraction of sp³-hybridized carbons (Fsp3) is 0.0833. The van der Waals surface area contributed by atoms with Gasteiger partial charge in [-0.05, 0) is 54.1 Å². The Kier molecular flexibility index (Phi) is 5.32. The number of aromatic nitrogens is 4. The summed E-state index contributed by atoms with van der Waals surface area (Å²) in [4.78, 5) is 4.49. The van der Waals surface area contributed by atoms with Gasteiger partial charge in [0.2, 0.25) is 5.89 Å². The Morgan fingerprint density at radius 3 is 2.72 bits per heavy atom. The highest BCUT2D eigenvalue weighted by molar-refractivity contribution is 7.98. The Hall–Kier alpha value is -4.09. The van der Waals surface area contributed by atoms with Gasteiger partial charge in [0.15, 0.2) is 0 Å². The molecule has 5 rings (SSSR count). The Morgan fingerprint density at radius 1 is 1.06 bits per heavy atom. The summed E-state index contributed by atoms with van der Waals surface area (Å²) in [7, 11) is 1.65. The van der Waals surface area contributed by atoms with E-state index in [1.807, 2.05) is 71.4 Å². The van der Waals surface area contributed by atoms with Crippen molar-refractivity contribution in [3.05, 3.63) is 84.2 Å². The molecule has 3 heterocycles. The Labute approximate surface area is 188 Å². The minimum Gasteiger partial charge on any atom is -0.497 e. The summed E-state index contributed by atoms with van der Waals surface area (Å²) in [5, 5.41) is 17.9. The van der Waals surface area contributed by atoms with Crippen LogP contribution >= 0.6 is 11.8 Å². The predicted octanol–water partition coefficient (Wildman–Crippen LogP) is 5.22. The predicted molar refractivity (Wildman–Crippen MR) is 121 cm³/mol. The SMILES string of the molecule is COc1ccc(-c2cnc3ccc(-c4nnc(SCc5cccc(C#N)c5)o4)cn23)cc1. The van der Waals surface area contributed by atoms with Crippen molar-refractivity contribution in [2.75, 3.05) is 7.11 Å². The zero-order chi connectivity index (χ0) is 21.9. The second-order valence-corrected chi connectivity index (χ2v) is 7.92. The minimum absolute atomic E-state index is 0.439. The van der Waals surface area contributed by atoms with Crippen LogP contribution in [0.5, 0.6) is 5.75 Å². The van der Waals surface area contributed by atoms with Crippen molar-refractivity contribution in [1.82, 2.24) is 19.6 Å². The largest absolute Gasteiger partial charge is 0.497 e. The van der Waals surface area contributed by atoms with Gasteiger partial charge in [-0.2, -0.15) is 5.26 Å². The maximum absolute atomic E-state index is 9.04. The molecule has 0 radical (unpaired) electrons. The van der Waals surface area contributed by atoms with Gasteiger partial charge in [-0.15, -0.1) is 10.2 Å². The van der Waals surface area contributed by atoms with E-state index in [2.05, 4.69) is 21.3 Å². The quantitative estimate of drug-likeness (QED) is 0.335. The molecule has 0 unspecified atom stereocenters. The van der Waals surface area contributed by atoms with Gasteiger partial charge in [-0.1, -0.05) is 23.9 Å². The van der Waals surface area contributed by atoms with Crippen molar-refractivity contribution in [3.8, 4) is 34.5 Å². The second-order valence-electron chi connectivity index (χ2n) is 6.99. The molecule has 0 aliphatic heterocycles. The van der Waals surface area contributed by atoms with E-state index in [1.165, 1.54) is 11.8 Å². The van der Waals surface area contributed by atoms with Crippen LogP contribution in [0.1, 0.15) is 11.1 Å². The highest BCUT2D eigenvalue weighted by Gasteiger charge is 2.13. The van der Waals surface area contributed by atoms with Crippen LogP contribution in [0, 0.1) is 11.3 Å². The van der Waals surface area contributed by atoms with E-state index in [0.29, 0.717) is 22.4 Å². The van der Waals surface area contributed by atoms with Crippen molar-refractivity contribution in [3.63, 3.8) is 0 Å².